The van der Waals surface area contributed by atoms with Gasteiger partial charge in [0.25, 0.3) is 0 Å². The lowest BCUT2D eigenvalue weighted by molar-refractivity contribution is 0.414. The molecule has 9 heteroatoms. The molecule has 1 aromatic heterocycles. The van der Waals surface area contributed by atoms with Crippen LogP contribution in [-0.2, 0) is 16.4 Å². The molecule has 0 saturated carbocycles. The minimum atomic E-state index is -3.64. The molecule has 0 amide bonds. The summed E-state index contributed by atoms with van der Waals surface area (Å²) in [5, 5.41) is 3.92. The second-order valence-corrected chi connectivity index (χ2v) is 9.60. The van der Waals surface area contributed by atoms with Crippen molar-refractivity contribution < 1.29 is 13.2 Å². The Hall–Kier alpha value is -2.49. The lowest BCUT2D eigenvalue weighted by Crippen LogP contribution is -2.43. The predicted octanol–water partition coefficient (Wildman–Crippen LogP) is 3.61. The van der Waals surface area contributed by atoms with Crippen molar-refractivity contribution in [3.05, 3.63) is 65.5 Å². The third-order valence-electron chi connectivity index (χ3n) is 4.89. The fraction of sp³-hybridized carbons (Fsp3) is 0.333. The Morgan fingerprint density at radius 2 is 1.77 bits per heavy atom. The van der Waals surface area contributed by atoms with Crippen molar-refractivity contribution in [3.63, 3.8) is 0 Å². The number of ether oxygens (including phenoxy) is 1. The highest BCUT2D eigenvalue weighted by atomic mass is 32.2. The fourth-order valence-corrected chi connectivity index (χ4v) is 4.86. The van der Waals surface area contributed by atoms with Crippen molar-refractivity contribution in [1.82, 2.24) is 14.1 Å². The zero-order valence-electron chi connectivity index (χ0n) is 17.4. The smallest absolute Gasteiger partial charge is 0.240 e. The molecular formula is C21H26N4O3S2. The van der Waals surface area contributed by atoms with Crippen LogP contribution in [0.1, 0.15) is 30.8 Å². The van der Waals surface area contributed by atoms with E-state index in [1.807, 2.05) is 26.0 Å². The van der Waals surface area contributed by atoms with Gasteiger partial charge in [-0.3, -0.25) is 0 Å². The van der Waals surface area contributed by atoms with E-state index >= 15 is 0 Å². The molecule has 0 aliphatic carbocycles. The van der Waals surface area contributed by atoms with Crippen molar-refractivity contribution in [2.45, 2.75) is 44.2 Å². The number of nitrogens with zero attached hydrogens (tertiary/aromatic N) is 2. The van der Waals surface area contributed by atoms with Gasteiger partial charge in [0.05, 0.1) is 12.0 Å². The van der Waals surface area contributed by atoms with Crippen LogP contribution in [0.25, 0.3) is 0 Å². The summed E-state index contributed by atoms with van der Waals surface area (Å²) in [5.41, 5.74) is 2.40. The molecule has 2 N–H and O–H groups in total. The first kappa shape index (κ1) is 22.2. The maximum atomic E-state index is 12.6. The highest BCUT2D eigenvalue weighted by molar-refractivity contribution is 7.89. The van der Waals surface area contributed by atoms with Gasteiger partial charge in [-0.1, -0.05) is 24.3 Å². The molecule has 160 valence electrons. The Kier molecular flexibility index (Phi) is 7.06. The molecular weight excluding hydrogens is 420 g/mol. The van der Waals surface area contributed by atoms with Crippen molar-refractivity contribution in [2.24, 2.45) is 0 Å². The molecule has 1 heterocycles. The van der Waals surface area contributed by atoms with Gasteiger partial charge in [-0.05, 0) is 56.2 Å². The first-order valence-corrected chi connectivity index (χ1v) is 11.8. The second kappa shape index (κ2) is 9.55. The molecule has 7 nitrogen and oxygen atoms in total. The summed E-state index contributed by atoms with van der Waals surface area (Å²) < 4.78 is 37.5. The van der Waals surface area contributed by atoms with Crippen LogP contribution in [-0.4, -0.2) is 37.0 Å². The van der Waals surface area contributed by atoms with Gasteiger partial charge in [-0.2, -0.15) is 4.37 Å². The third-order valence-corrected chi connectivity index (χ3v) is 7.15. The number of benzene rings is 2. The number of rotatable bonds is 9. The van der Waals surface area contributed by atoms with E-state index in [0.717, 1.165) is 5.82 Å². The maximum absolute atomic E-state index is 12.6. The van der Waals surface area contributed by atoms with Gasteiger partial charge in [-0.25, -0.2) is 18.1 Å². The van der Waals surface area contributed by atoms with E-state index in [4.69, 9.17) is 4.74 Å². The van der Waals surface area contributed by atoms with Gasteiger partial charge >= 0.3 is 0 Å². The van der Waals surface area contributed by atoms with E-state index in [0.29, 0.717) is 17.3 Å². The van der Waals surface area contributed by atoms with Crippen LogP contribution in [0.3, 0.4) is 0 Å². The van der Waals surface area contributed by atoms with Gasteiger partial charge in [0.15, 0.2) is 0 Å². The second-order valence-electron chi connectivity index (χ2n) is 7.14. The highest BCUT2D eigenvalue weighted by Crippen LogP contribution is 2.19. The quantitative estimate of drug-likeness (QED) is 0.522. The number of aromatic nitrogens is 2. The SMILES string of the molecule is COc1ccc(S(=O)(=O)NC(C)C(C)Nc2nc(Cc3ccccc3C)ns2)cc1. The zero-order valence-corrected chi connectivity index (χ0v) is 19.0. The standard InChI is InChI=1S/C21H26N4O3S2/c1-14-7-5-6-8-17(14)13-20-23-21(29-24-20)22-15(2)16(3)25-30(26,27)19-11-9-18(28-4)10-12-19/h5-12,15-16,25H,13H2,1-4H3,(H,22,23,24). The number of hydrogen-bond acceptors (Lipinski definition) is 7. The summed E-state index contributed by atoms with van der Waals surface area (Å²) in [7, 11) is -2.10. The molecule has 2 unspecified atom stereocenters. The maximum Gasteiger partial charge on any atom is 0.240 e. The summed E-state index contributed by atoms with van der Waals surface area (Å²) in [5.74, 6) is 1.35. The molecule has 0 radical (unpaired) electrons. The van der Waals surface area contributed by atoms with E-state index in [1.165, 1.54) is 41.9 Å². The molecule has 0 saturated heterocycles. The Balaban J connectivity index is 1.60. The zero-order chi connectivity index (χ0) is 21.7. The molecule has 0 aliphatic rings. The summed E-state index contributed by atoms with van der Waals surface area (Å²) in [6.45, 7) is 5.79. The van der Waals surface area contributed by atoms with Gasteiger partial charge in [0.1, 0.15) is 11.6 Å². The van der Waals surface area contributed by atoms with E-state index in [1.54, 1.807) is 12.1 Å². The van der Waals surface area contributed by atoms with Crippen LogP contribution >= 0.6 is 11.5 Å². The van der Waals surface area contributed by atoms with Gasteiger partial charge in [-0.15, -0.1) is 0 Å². The summed E-state index contributed by atoms with van der Waals surface area (Å²) in [4.78, 5) is 4.74. The van der Waals surface area contributed by atoms with E-state index in [-0.39, 0.29) is 17.0 Å². The number of anilines is 1. The predicted molar refractivity (Wildman–Crippen MR) is 120 cm³/mol. The largest absolute Gasteiger partial charge is 0.497 e. The number of sulfonamides is 1. The monoisotopic (exact) mass is 446 g/mol. The first-order chi connectivity index (χ1) is 14.3. The minimum absolute atomic E-state index is 0.183. The van der Waals surface area contributed by atoms with Crippen LogP contribution in [0.5, 0.6) is 5.75 Å². The van der Waals surface area contributed by atoms with Gasteiger partial charge < -0.3 is 10.1 Å². The molecule has 0 fully saturated rings. The Morgan fingerprint density at radius 3 is 2.43 bits per heavy atom. The third kappa shape index (κ3) is 5.56. The summed E-state index contributed by atoms with van der Waals surface area (Å²) in [6, 6.07) is 13.9. The van der Waals surface area contributed by atoms with Crippen LogP contribution in [0.15, 0.2) is 53.4 Å². The van der Waals surface area contributed by atoms with Crippen molar-refractivity contribution >= 4 is 26.7 Å². The molecule has 2 atom stereocenters. The molecule has 3 rings (SSSR count). The van der Waals surface area contributed by atoms with Gasteiger partial charge in [0, 0.05) is 30.0 Å². The molecule has 2 aromatic carbocycles. The minimum Gasteiger partial charge on any atom is -0.497 e. The first-order valence-electron chi connectivity index (χ1n) is 9.58. The topological polar surface area (TPSA) is 93.2 Å². The fourth-order valence-electron chi connectivity index (χ4n) is 2.85. The summed E-state index contributed by atoms with van der Waals surface area (Å²) in [6.07, 6.45) is 0.666. The average molecular weight is 447 g/mol. The number of nitrogens with one attached hydrogen (secondary N) is 2. The van der Waals surface area contributed by atoms with Crippen molar-refractivity contribution in [2.75, 3.05) is 12.4 Å². The Bertz CT molecular complexity index is 1080. The summed E-state index contributed by atoms with van der Waals surface area (Å²) >= 11 is 1.28. The average Bonchev–Trinajstić information content (AvgIpc) is 3.16. The molecule has 0 aliphatic heterocycles. The normalized spacial score (nSPS) is 13.6. The van der Waals surface area contributed by atoms with Gasteiger partial charge in [0.2, 0.25) is 15.2 Å². The van der Waals surface area contributed by atoms with Crippen molar-refractivity contribution in [1.29, 1.82) is 0 Å². The van der Waals surface area contributed by atoms with Crippen LogP contribution in [0.2, 0.25) is 0 Å². The number of aryl methyl sites for hydroxylation is 1. The van der Waals surface area contributed by atoms with E-state index in [2.05, 4.69) is 38.5 Å². The molecule has 0 bridgehead atoms. The number of hydrogen-bond donors (Lipinski definition) is 2. The lowest BCUT2D eigenvalue weighted by atomic mass is 10.1. The Labute approximate surface area is 181 Å². The molecule has 3 aromatic rings. The Morgan fingerprint density at radius 1 is 1.07 bits per heavy atom. The molecule has 0 spiro atoms. The number of methoxy groups -OCH3 is 1. The van der Waals surface area contributed by atoms with E-state index < -0.39 is 10.0 Å². The van der Waals surface area contributed by atoms with Crippen LogP contribution in [0, 0.1) is 6.92 Å². The molecule has 30 heavy (non-hydrogen) atoms. The van der Waals surface area contributed by atoms with E-state index in [9.17, 15) is 8.42 Å². The highest BCUT2D eigenvalue weighted by Gasteiger charge is 2.22. The van der Waals surface area contributed by atoms with Crippen LogP contribution < -0.4 is 14.8 Å². The van der Waals surface area contributed by atoms with Crippen LogP contribution in [0.4, 0.5) is 5.13 Å². The lowest BCUT2D eigenvalue weighted by Gasteiger charge is -2.22. The van der Waals surface area contributed by atoms with Crippen molar-refractivity contribution in [3.8, 4) is 5.75 Å².